The summed E-state index contributed by atoms with van der Waals surface area (Å²) >= 11 is 0. The average Bonchev–Trinajstić information content (AvgIpc) is 2.62. The van der Waals surface area contributed by atoms with Crippen LogP contribution in [0.5, 0.6) is 11.5 Å². The van der Waals surface area contributed by atoms with Crippen LogP contribution in [-0.2, 0) is 6.42 Å². The third-order valence-corrected chi connectivity index (χ3v) is 3.73. The fourth-order valence-electron chi connectivity index (χ4n) is 2.36. The molecule has 2 rings (SSSR count). The van der Waals surface area contributed by atoms with Crippen molar-refractivity contribution in [3.8, 4) is 11.5 Å². The number of pyridine rings is 1. The van der Waals surface area contributed by atoms with Gasteiger partial charge < -0.3 is 14.4 Å². The largest absolute Gasteiger partial charge is 0.497 e. The number of amides is 1. The van der Waals surface area contributed by atoms with E-state index in [4.69, 9.17) is 9.47 Å². The van der Waals surface area contributed by atoms with Gasteiger partial charge in [0.05, 0.1) is 19.8 Å². The predicted octanol–water partition coefficient (Wildman–Crippen LogP) is 2.80. The van der Waals surface area contributed by atoms with Crippen molar-refractivity contribution in [1.29, 1.82) is 0 Å². The Balaban J connectivity index is 2.13. The molecule has 5 nitrogen and oxygen atoms in total. The first-order chi connectivity index (χ1) is 11.2. The van der Waals surface area contributed by atoms with Gasteiger partial charge in [-0.05, 0) is 43.2 Å². The summed E-state index contributed by atoms with van der Waals surface area (Å²) in [6, 6.07) is 9.17. The Bertz CT molecular complexity index is 644. The lowest BCUT2D eigenvalue weighted by molar-refractivity contribution is 0.0763. The molecule has 0 saturated carbocycles. The van der Waals surface area contributed by atoms with Crippen molar-refractivity contribution >= 4 is 5.91 Å². The smallest absolute Gasteiger partial charge is 0.257 e. The van der Waals surface area contributed by atoms with Gasteiger partial charge in [-0.15, -0.1) is 0 Å². The molecule has 23 heavy (non-hydrogen) atoms. The van der Waals surface area contributed by atoms with Crippen LogP contribution in [0, 0.1) is 0 Å². The highest BCUT2D eigenvalue weighted by molar-refractivity contribution is 5.97. The van der Waals surface area contributed by atoms with Gasteiger partial charge in [-0.2, -0.15) is 0 Å². The van der Waals surface area contributed by atoms with Gasteiger partial charge in [-0.3, -0.25) is 9.78 Å². The van der Waals surface area contributed by atoms with E-state index in [1.807, 2.05) is 24.0 Å². The standard InChI is InChI=1S/C18H22N2O3/c1-4-20(12-9-14-7-10-19-11-8-14)18(21)16-6-5-15(22-2)13-17(16)23-3/h5-8,10-11,13H,4,9,12H2,1-3H3. The van der Waals surface area contributed by atoms with Crippen molar-refractivity contribution in [3.05, 3.63) is 53.9 Å². The minimum atomic E-state index is -0.0407. The number of ether oxygens (including phenoxy) is 2. The zero-order valence-corrected chi connectivity index (χ0v) is 13.8. The van der Waals surface area contributed by atoms with Crippen molar-refractivity contribution in [2.24, 2.45) is 0 Å². The summed E-state index contributed by atoms with van der Waals surface area (Å²) in [7, 11) is 3.14. The maximum atomic E-state index is 12.8. The Hall–Kier alpha value is -2.56. The van der Waals surface area contributed by atoms with Gasteiger partial charge >= 0.3 is 0 Å². The van der Waals surface area contributed by atoms with E-state index in [0.29, 0.717) is 30.2 Å². The van der Waals surface area contributed by atoms with E-state index >= 15 is 0 Å². The maximum absolute atomic E-state index is 12.8. The molecular weight excluding hydrogens is 292 g/mol. The van der Waals surface area contributed by atoms with Crippen LogP contribution >= 0.6 is 0 Å². The first-order valence-electron chi connectivity index (χ1n) is 7.59. The number of carbonyl (C=O) groups is 1. The third-order valence-electron chi connectivity index (χ3n) is 3.73. The molecule has 2 aromatic rings. The molecule has 0 aliphatic carbocycles. The number of hydrogen-bond acceptors (Lipinski definition) is 4. The zero-order valence-electron chi connectivity index (χ0n) is 13.8. The lowest BCUT2D eigenvalue weighted by atomic mass is 10.1. The van der Waals surface area contributed by atoms with Crippen molar-refractivity contribution in [3.63, 3.8) is 0 Å². The number of methoxy groups -OCH3 is 2. The molecule has 0 fully saturated rings. The van der Waals surface area contributed by atoms with Crippen LogP contribution in [0.3, 0.4) is 0 Å². The quantitative estimate of drug-likeness (QED) is 0.788. The second-order valence-electron chi connectivity index (χ2n) is 5.06. The number of nitrogens with zero attached hydrogens (tertiary/aromatic N) is 2. The highest BCUT2D eigenvalue weighted by Gasteiger charge is 2.19. The molecule has 0 spiro atoms. The summed E-state index contributed by atoms with van der Waals surface area (Å²) in [5.74, 6) is 1.15. The van der Waals surface area contributed by atoms with Crippen LogP contribution in [0.4, 0.5) is 0 Å². The highest BCUT2D eigenvalue weighted by Crippen LogP contribution is 2.25. The summed E-state index contributed by atoms with van der Waals surface area (Å²) in [4.78, 5) is 18.6. The van der Waals surface area contributed by atoms with Crippen LogP contribution < -0.4 is 9.47 Å². The molecule has 122 valence electrons. The number of hydrogen-bond donors (Lipinski definition) is 0. The molecule has 5 heteroatoms. The topological polar surface area (TPSA) is 51.7 Å². The molecule has 0 aliphatic rings. The van der Waals surface area contributed by atoms with E-state index < -0.39 is 0 Å². The molecule has 1 aromatic heterocycles. The van der Waals surface area contributed by atoms with E-state index in [-0.39, 0.29) is 5.91 Å². The van der Waals surface area contributed by atoms with Crippen LogP contribution in [0.1, 0.15) is 22.8 Å². The van der Waals surface area contributed by atoms with Crippen molar-refractivity contribution in [1.82, 2.24) is 9.88 Å². The summed E-state index contributed by atoms with van der Waals surface area (Å²) in [5, 5.41) is 0. The zero-order chi connectivity index (χ0) is 16.7. The summed E-state index contributed by atoms with van der Waals surface area (Å²) in [6.45, 7) is 3.26. The Labute approximate surface area is 136 Å². The fourth-order valence-corrected chi connectivity index (χ4v) is 2.36. The lowest BCUT2D eigenvalue weighted by Crippen LogP contribution is -2.33. The first-order valence-corrected chi connectivity index (χ1v) is 7.59. The minimum absolute atomic E-state index is 0.0407. The van der Waals surface area contributed by atoms with E-state index in [2.05, 4.69) is 4.98 Å². The predicted molar refractivity (Wildman–Crippen MR) is 89.1 cm³/mol. The Morgan fingerprint density at radius 2 is 1.87 bits per heavy atom. The van der Waals surface area contributed by atoms with Crippen molar-refractivity contribution in [2.75, 3.05) is 27.3 Å². The molecular formula is C18H22N2O3. The van der Waals surface area contributed by atoms with Gasteiger partial charge in [0.15, 0.2) is 0 Å². The first kappa shape index (κ1) is 16.8. The number of likely N-dealkylation sites (N-methyl/N-ethyl adjacent to an activating group) is 1. The summed E-state index contributed by atoms with van der Waals surface area (Å²) in [6.07, 6.45) is 4.32. The number of benzene rings is 1. The second-order valence-corrected chi connectivity index (χ2v) is 5.06. The minimum Gasteiger partial charge on any atom is -0.497 e. The molecule has 0 N–H and O–H groups in total. The lowest BCUT2D eigenvalue weighted by Gasteiger charge is -2.22. The molecule has 0 atom stereocenters. The van der Waals surface area contributed by atoms with E-state index in [9.17, 15) is 4.79 Å². The molecule has 1 aromatic carbocycles. The van der Waals surface area contributed by atoms with Gasteiger partial charge in [0.1, 0.15) is 11.5 Å². The monoisotopic (exact) mass is 314 g/mol. The maximum Gasteiger partial charge on any atom is 0.257 e. The van der Waals surface area contributed by atoms with Crippen molar-refractivity contribution < 1.29 is 14.3 Å². The van der Waals surface area contributed by atoms with Crippen LogP contribution in [0.25, 0.3) is 0 Å². The Morgan fingerprint density at radius 1 is 1.13 bits per heavy atom. The van der Waals surface area contributed by atoms with E-state index in [1.165, 1.54) is 0 Å². The number of rotatable bonds is 7. The van der Waals surface area contributed by atoms with Gasteiger partial charge in [-0.25, -0.2) is 0 Å². The summed E-state index contributed by atoms with van der Waals surface area (Å²) < 4.78 is 10.5. The van der Waals surface area contributed by atoms with Gasteiger partial charge in [0.25, 0.3) is 5.91 Å². The van der Waals surface area contributed by atoms with Crippen LogP contribution in [0.2, 0.25) is 0 Å². The molecule has 0 radical (unpaired) electrons. The van der Waals surface area contributed by atoms with Gasteiger partial charge in [0.2, 0.25) is 0 Å². The van der Waals surface area contributed by atoms with E-state index in [0.717, 1.165) is 12.0 Å². The second kappa shape index (κ2) is 8.17. The molecule has 0 bridgehead atoms. The number of carbonyl (C=O) groups excluding carboxylic acids is 1. The summed E-state index contributed by atoms with van der Waals surface area (Å²) in [5.41, 5.74) is 1.71. The molecule has 0 aliphatic heterocycles. The fraction of sp³-hybridized carbons (Fsp3) is 0.333. The molecule has 0 unspecified atom stereocenters. The van der Waals surface area contributed by atoms with Gasteiger partial charge in [-0.1, -0.05) is 0 Å². The van der Waals surface area contributed by atoms with Crippen LogP contribution in [-0.4, -0.2) is 43.1 Å². The molecule has 1 heterocycles. The molecule has 0 saturated heterocycles. The normalized spacial score (nSPS) is 10.2. The van der Waals surface area contributed by atoms with Gasteiger partial charge in [0, 0.05) is 31.5 Å². The Morgan fingerprint density at radius 3 is 2.48 bits per heavy atom. The SMILES string of the molecule is CCN(CCc1ccncc1)C(=O)c1ccc(OC)cc1OC. The highest BCUT2D eigenvalue weighted by atomic mass is 16.5. The average molecular weight is 314 g/mol. The van der Waals surface area contributed by atoms with E-state index in [1.54, 1.807) is 44.8 Å². The third kappa shape index (κ3) is 4.22. The van der Waals surface area contributed by atoms with Crippen molar-refractivity contribution in [2.45, 2.75) is 13.3 Å². The Kier molecular flexibility index (Phi) is 5.97. The van der Waals surface area contributed by atoms with Crippen LogP contribution in [0.15, 0.2) is 42.7 Å². The molecule has 1 amide bonds. The number of aromatic nitrogens is 1.